The van der Waals surface area contributed by atoms with Gasteiger partial charge in [-0.3, -0.25) is 0 Å². The Labute approximate surface area is 311 Å². The molecule has 3 aliphatic rings. The molecule has 0 radical (unpaired) electrons. The second-order valence-electron chi connectivity index (χ2n) is 19.1. The highest BCUT2D eigenvalue weighted by Crippen LogP contribution is 2.48. The molecule has 4 atom stereocenters. The van der Waals surface area contributed by atoms with E-state index in [1.165, 1.54) is 35.8 Å². The highest BCUT2D eigenvalue weighted by atomic mass is 28.3. The number of fused-ring (bicyclic) bond motifs is 3. The van der Waals surface area contributed by atoms with Crippen molar-refractivity contribution in [1.82, 2.24) is 29.0 Å². The van der Waals surface area contributed by atoms with E-state index in [-0.39, 0.29) is 23.7 Å². The predicted molar refractivity (Wildman–Crippen MR) is 212 cm³/mol. The molecule has 1 aliphatic heterocycles. The van der Waals surface area contributed by atoms with Crippen LogP contribution in [-0.2, 0) is 32.8 Å². The molecule has 2 saturated carbocycles. The Morgan fingerprint density at radius 3 is 2.48 bits per heavy atom. The van der Waals surface area contributed by atoms with Crippen LogP contribution in [0.2, 0.25) is 25.7 Å². The molecule has 11 heteroatoms. The molecule has 7 rings (SSSR count). The molecular weight excluding hydrogens is 667 g/mol. The predicted octanol–water partition coefficient (Wildman–Crippen LogP) is 8.03. The van der Waals surface area contributed by atoms with Gasteiger partial charge in [-0.1, -0.05) is 46.5 Å². The van der Waals surface area contributed by atoms with Gasteiger partial charge in [-0.05, 0) is 94.0 Å². The van der Waals surface area contributed by atoms with Gasteiger partial charge in [0.05, 0.1) is 28.6 Å². The van der Waals surface area contributed by atoms with Crippen molar-refractivity contribution >= 4 is 36.0 Å². The average molecular weight is 730 g/mol. The van der Waals surface area contributed by atoms with Crippen LogP contribution in [-0.4, -0.2) is 80.8 Å². The fraction of sp³-hybridized carbons (Fsp3) is 0.683. The van der Waals surface area contributed by atoms with Crippen molar-refractivity contribution in [3.63, 3.8) is 0 Å². The lowest BCUT2D eigenvalue weighted by Gasteiger charge is -2.41. The van der Waals surface area contributed by atoms with Crippen LogP contribution < -0.4 is 5.73 Å². The van der Waals surface area contributed by atoms with Crippen LogP contribution >= 0.6 is 0 Å². The molecule has 2 aliphatic carbocycles. The van der Waals surface area contributed by atoms with E-state index in [9.17, 15) is 0 Å². The number of rotatable bonds is 13. The summed E-state index contributed by atoms with van der Waals surface area (Å²) in [6.45, 7) is 26.3. The van der Waals surface area contributed by atoms with Gasteiger partial charge in [0, 0.05) is 52.3 Å². The zero-order chi connectivity index (χ0) is 37.2. The second kappa shape index (κ2) is 14.1. The van der Waals surface area contributed by atoms with Crippen molar-refractivity contribution in [2.75, 3.05) is 25.4 Å². The molecule has 1 saturated heterocycles. The highest BCUT2D eigenvalue weighted by molar-refractivity contribution is 6.76. The summed E-state index contributed by atoms with van der Waals surface area (Å²) in [7, 11) is -1.16. The number of nitrogens with two attached hydrogens (primary N) is 1. The van der Waals surface area contributed by atoms with Crippen molar-refractivity contribution in [1.29, 1.82) is 0 Å². The Morgan fingerprint density at radius 2 is 1.77 bits per heavy atom. The van der Waals surface area contributed by atoms with Gasteiger partial charge < -0.3 is 34.0 Å². The first kappa shape index (κ1) is 37.5. The first-order valence-corrected chi connectivity index (χ1v) is 23.4. The first-order valence-electron chi connectivity index (χ1n) is 19.7. The number of ether oxygens (including phenoxy) is 3. The maximum Gasteiger partial charge on any atom is 0.163 e. The van der Waals surface area contributed by atoms with Gasteiger partial charge in [-0.25, -0.2) is 15.0 Å². The smallest absolute Gasteiger partial charge is 0.163 e. The van der Waals surface area contributed by atoms with E-state index in [2.05, 4.69) is 103 Å². The van der Waals surface area contributed by atoms with Gasteiger partial charge in [0.15, 0.2) is 5.79 Å². The van der Waals surface area contributed by atoms with Crippen LogP contribution in [0, 0.1) is 17.8 Å². The summed E-state index contributed by atoms with van der Waals surface area (Å²) in [4.78, 5) is 16.8. The van der Waals surface area contributed by atoms with Gasteiger partial charge in [-0.2, -0.15) is 0 Å². The van der Waals surface area contributed by atoms with Crippen LogP contribution in [0.3, 0.4) is 0 Å². The first-order chi connectivity index (χ1) is 24.5. The Hall–Kier alpha value is -2.83. The molecule has 0 spiro atoms. The minimum absolute atomic E-state index is 0.0341. The molecular formula is C41H63N7O3Si. The molecule has 4 aromatic rings. The number of benzene rings is 1. The normalized spacial score (nSPS) is 26.2. The van der Waals surface area contributed by atoms with Gasteiger partial charge in [-0.15, -0.1) is 0 Å². The third-order valence-corrected chi connectivity index (χ3v) is 13.6. The van der Waals surface area contributed by atoms with E-state index in [0.717, 1.165) is 49.1 Å². The number of nitrogens with zero attached hydrogens (tertiary/aromatic N) is 6. The third kappa shape index (κ3) is 7.85. The zero-order valence-corrected chi connectivity index (χ0v) is 34.4. The lowest BCUT2D eigenvalue weighted by atomic mass is 9.72. The molecule has 52 heavy (non-hydrogen) atoms. The summed E-state index contributed by atoms with van der Waals surface area (Å²) < 4.78 is 24.1. The monoisotopic (exact) mass is 729 g/mol. The number of anilines is 1. The van der Waals surface area contributed by atoms with Gasteiger partial charge in [0.2, 0.25) is 0 Å². The summed E-state index contributed by atoms with van der Waals surface area (Å²) in [5.74, 6) is 2.75. The maximum atomic E-state index is 6.64. The highest BCUT2D eigenvalue weighted by Gasteiger charge is 2.55. The Morgan fingerprint density at radius 1 is 1.02 bits per heavy atom. The minimum Gasteiger partial charge on any atom is -0.383 e. The van der Waals surface area contributed by atoms with Crippen molar-refractivity contribution in [2.45, 2.75) is 142 Å². The molecule has 3 aromatic heterocycles. The minimum atomic E-state index is -1.16. The topological polar surface area (TPSA) is 105 Å². The second-order valence-corrected chi connectivity index (χ2v) is 24.7. The number of hydrogen-bond acceptors (Lipinski definition) is 8. The van der Waals surface area contributed by atoms with Gasteiger partial charge in [0.1, 0.15) is 36.5 Å². The van der Waals surface area contributed by atoms with Crippen molar-refractivity contribution in [3.8, 4) is 0 Å². The molecule has 0 bridgehead atoms. The van der Waals surface area contributed by atoms with Gasteiger partial charge >= 0.3 is 0 Å². The fourth-order valence-electron chi connectivity index (χ4n) is 8.82. The van der Waals surface area contributed by atoms with Crippen LogP contribution in [0.15, 0.2) is 36.8 Å². The summed E-state index contributed by atoms with van der Waals surface area (Å²) in [5.41, 5.74) is 10.8. The van der Waals surface area contributed by atoms with E-state index in [1.54, 1.807) is 6.33 Å². The van der Waals surface area contributed by atoms with Crippen LogP contribution in [0.5, 0.6) is 0 Å². The number of hydrogen-bond donors (Lipinski definition) is 1. The third-order valence-electron chi connectivity index (χ3n) is 11.9. The maximum absolute atomic E-state index is 6.64. The fourth-order valence-corrected chi connectivity index (χ4v) is 9.58. The molecule has 3 fully saturated rings. The standard InChI is InChI=1S/C41H63N7O3Si/c1-26(2)46(23-29-20-34(37-36(29)50-41(6,7)51-37)47-14-13-31-38(42)43-24-44-39(31)47)22-28-17-27(18-28)19-35-45-32-21-30(40(3,4)5)11-12-33(32)48(35)25-49-15-16-52(8,9)10/h11-14,21,24,26-29,34,36-37H,15-20,22-23,25H2,1-10H3,(H2,42,43,44)/t27?,28?,29?,34?,36-,37+/m1/s1. The SMILES string of the molecule is CC(C)N(CC1CC(Cc2nc3cc(C(C)(C)C)ccc3n2COCC[Si](C)(C)C)C1)CC1CC(n2ccc3c(N)ncnc32)[C@@H]2OC(C)(C)O[C@H]12. The molecule has 284 valence electrons. The Bertz CT molecular complexity index is 1870. The summed E-state index contributed by atoms with van der Waals surface area (Å²) in [5, 5.41) is 0.892. The molecule has 1 aromatic carbocycles. The van der Waals surface area contributed by atoms with E-state index in [0.29, 0.717) is 36.3 Å². The molecule has 10 nitrogen and oxygen atoms in total. The Balaban J connectivity index is 1.02. The molecule has 2 N–H and O–H groups in total. The summed E-state index contributed by atoms with van der Waals surface area (Å²) >= 11 is 0. The van der Waals surface area contributed by atoms with Crippen molar-refractivity contribution in [3.05, 3.63) is 48.2 Å². The quantitative estimate of drug-likeness (QED) is 0.109. The number of nitrogen functional groups attached to an aromatic ring is 1. The number of aromatic nitrogens is 5. The molecule has 0 amide bonds. The van der Waals surface area contributed by atoms with Crippen LogP contribution in [0.1, 0.15) is 85.2 Å². The lowest BCUT2D eigenvalue weighted by Crippen LogP contribution is -2.44. The van der Waals surface area contributed by atoms with E-state index in [4.69, 9.17) is 24.9 Å². The molecule has 4 heterocycles. The average Bonchev–Trinajstić information content (AvgIpc) is 3.77. The van der Waals surface area contributed by atoms with E-state index >= 15 is 0 Å². The summed E-state index contributed by atoms with van der Waals surface area (Å²) in [6.07, 6.45) is 8.10. The number of imidazole rings is 1. The Kier molecular flexibility index (Phi) is 10.2. The lowest BCUT2D eigenvalue weighted by molar-refractivity contribution is -0.161. The summed E-state index contributed by atoms with van der Waals surface area (Å²) in [6, 6.07) is 10.6. The largest absolute Gasteiger partial charge is 0.383 e. The van der Waals surface area contributed by atoms with Crippen LogP contribution in [0.25, 0.3) is 22.1 Å². The molecule has 2 unspecified atom stereocenters. The van der Waals surface area contributed by atoms with Crippen molar-refractivity contribution < 1.29 is 14.2 Å². The van der Waals surface area contributed by atoms with E-state index < -0.39 is 13.9 Å². The van der Waals surface area contributed by atoms with E-state index in [1.807, 2.05) is 19.9 Å². The zero-order valence-electron chi connectivity index (χ0n) is 33.4. The van der Waals surface area contributed by atoms with Gasteiger partial charge in [0.25, 0.3) is 0 Å². The van der Waals surface area contributed by atoms with Crippen molar-refractivity contribution in [2.24, 2.45) is 17.8 Å². The van der Waals surface area contributed by atoms with Crippen LogP contribution in [0.4, 0.5) is 5.82 Å².